The van der Waals surface area contributed by atoms with Gasteiger partial charge in [-0.3, -0.25) is 0 Å². The molecule has 0 aliphatic rings. The van der Waals surface area contributed by atoms with Gasteiger partial charge >= 0.3 is 0 Å². The summed E-state index contributed by atoms with van der Waals surface area (Å²) in [7, 11) is 0. The Hall–Kier alpha value is -1.23. The average Bonchev–Trinajstić information content (AvgIpc) is 2.06. The lowest BCUT2D eigenvalue weighted by molar-refractivity contribution is 0.0743. The van der Waals surface area contributed by atoms with Gasteiger partial charge in [-0.15, -0.1) is 0 Å². The van der Waals surface area contributed by atoms with Crippen LogP contribution in [0.1, 0.15) is 19.4 Å². The van der Waals surface area contributed by atoms with Gasteiger partial charge in [0.2, 0.25) is 5.82 Å². The first kappa shape index (κ1) is 10.8. The van der Waals surface area contributed by atoms with Crippen LogP contribution in [-0.2, 0) is 5.60 Å². The second kappa shape index (κ2) is 3.16. The summed E-state index contributed by atoms with van der Waals surface area (Å²) in [6, 6.07) is 0.563. The Balaban J connectivity index is 3.49. The predicted octanol–water partition coefficient (Wildman–Crippen LogP) is 2.04. The SMILES string of the molecule is CC(C)(O)c1cc(F)c(F)c(F)c1O. The Morgan fingerprint density at radius 2 is 1.64 bits per heavy atom. The number of rotatable bonds is 1. The van der Waals surface area contributed by atoms with Crippen LogP contribution >= 0.6 is 0 Å². The molecule has 5 heteroatoms. The fourth-order valence-corrected chi connectivity index (χ4v) is 1.05. The molecule has 0 spiro atoms. The molecule has 0 fully saturated rings. The van der Waals surface area contributed by atoms with Crippen LogP contribution in [0.4, 0.5) is 13.2 Å². The number of aliphatic hydroxyl groups is 1. The van der Waals surface area contributed by atoms with Gasteiger partial charge in [-0.2, -0.15) is 4.39 Å². The van der Waals surface area contributed by atoms with Crippen molar-refractivity contribution in [2.24, 2.45) is 0 Å². The van der Waals surface area contributed by atoms with Crippen molar-refractivity contribution >= 4 is 0 Å². The van der Waals surface area contributed by atoms with Crippen molar-refractivity contribution in [2.45, 2.75) is 19.4 Å². The molecule has 0 aromatic heterocycles. The van der Waals surface area contributed by atoms with Gasteiger partial charge in [-0.05, 0) is 19.9 Å². The van der Waals surface area contributed by atoms with Crippen LogP contribution in [-0.4, -0.2) is 10.2 Å². The van der Waals surface area contributed by atoms with E-state index in [1.54, 1.807) is 0 Å². The van der Waals surface area contributed by atoms with Gasteiger partial charge in [-0.1, -0.05) is 0 Å². The van der Waals surface area contributed by atoms with Crippen LogP contribution in [0.25, 0.3) is 0 Å². The highest BCUT2D eigenvalue weighted by molar-refractivity contribution is 5.38. The molecule has 2 nitrogen and oxygen atoms in total. The molecule has 1 aromatic rings. The zero-order valence-electron chi connectivity index (χ0n) is 7.61. The van der Waals surface area contributed by atoms with Gasteiger partial charge in [0.15, 0.2) is 17.4 Å². The number of benzene rings is 1. The van der Waals surface area contributed by atoms with E-state index in [0.29, 0.717) is 6.07 Å². The summed E-state index contributed by atoms with van der Waals surface area (Å²) in [5, 5.41) is 18.5. The van der Waals surface area contributed by atoms with Crippen molar-refractivity contribution in [3.8, 4) is 5.75 Å². The third-order valence-corrected chi connectivity index (χ3v) is 1.80. The van der Waals surface area contributed by atoms with E-state index in [9.17, 15) is 18.3 Å². The normalized spacial score (nSPS) is 11.9. The molecular formula is C9H9F3O2. The molecule has 0 saturated heterocycles. The monoisotopic (exact) mass is 206 g/mol. The van der Waals surface area contributed by atoms with Crippen LogP contribution < -0.4 is 0 Å². The summed E-state index contributed by atoms with van der Waals surface area (Å²) < 4.78 is 38.1. The number of aromatic hydroxyl groups is 1. The smallest absolute Gasteiger partial charge is 0.203 e. The molecule has 0 radical (unpaired) electrons. The molecule has 0 aliphatic carbocycles. The molecule has 0 amide bonds. The maximum absolute atomic E-state index is 12.8. The van der Waals surface area contributed by atoms with Crippen LogP contribution in [0.15, 0.2) is 6.07 Å². The van der Waals surface area contributed by atoms with Gasteiger partial charge in [0, 0.05) is 5.56 Å². The quantitative estimate of drug-likeness (QED) is 0.690. The molecule has 0 unspecified atom stereocenters. The Morgan fingerprint density at radius 3 is 2.07 bits per heavy atom. The van der Waals surface area contributed by atoms with Crippen molar-refractivity contribution in [3.63, 3.8) is 0 Å². The van der Waals surface area contributed by atoms with E-state index >= 15 is 0 Å². The second-order valence-electron chi connectivity index (χ2n) is 3.44. The predicted molar refractivity (Wildman–Crippen MR) is 43.2 cm³/mol. The fraction of sp³-hybridized carbons (Fsp3) is 0.333. The second-order valence-corrected chi connectivity index (χ2v) is 3.44. The topological polar surface area (TPSA) is 40.5 Å². The van der Waals surface area contributed by atoms with E-state index in [0.717, 1.165) is 0 Å². The van der Waals surface area contributed by atoms with E-state index in [2.05, 4.69) is 0 Å². The number of phenols is 1. The molecule has 14 heavy (non-hydrogen) atoms. The van der Waals surface area contributed by atoms with Crippen molar-refractivity contribution < 1.29 is 23.4 Å². The van der Waals surface area contributed by atoms with Gasteiger partial charge < -0.3 is 10.2 Å². The van der Waals surface area contributed by atoms with E-state index in [1.165, 1.54) is 13.8 Å². The summed E-state index contributed by atoms with van der Waals surface area (Å²) in [6.45, 7) is 2.44. The molecule has 0 bridgehead atoms. The molecule has 0 saturated carbocycles. The molecule has 78 valence electrons. The minimum Gasteiger partial charge on any atom is -0.504 e. The maximum atomic E-state index is 12.8. The minimum absolute atomic E-state index is 0.395. The minimum atomic E-state index is -1.75. The standard InChI is InChI=1S/C9H9F3O2/c1-9(2,14)4-3-5(10)6(11)7(12)8(4)13/h3,13-14H,1-2H3. The van der Waals surface area contributed by atoms with E-state index < -0.39 is 34.4 Å². The highest BCUT2D eigenvalue weighted by Gasteiger charge is 2.26. The van der Waals surface area contributed by atoms with E-state index in [-0.39, 0.29) is 0 Å². The lowest BCUT2D eigenvalue weighted by atomic mass is 9.97. The first-order valence-corrected chi connectivity index (χ1v) is 3.84. The van der Waals surface area contributed by atoms with Crippen LogP contribution in [0.2, 0.25) is 0 Å². The molecule has 0 aliphatic heterocycles. The van der Waals surface area contributed by atoms with Gasteiger partial charge in [-0.25, -0.2) is 8.78 Å². The first-order chi connectivity index (χ1) is 6.25. The van der Waals surface area contributed by atoms with Crippen LogP contribution in [0.5, 0.6) is 5.75 Å². The van der Waals surface area contributed by atoms with Gasteiger partial charge in [0.05, 0.1) is 5.60 Å². The summed E-state index contributed by atoms with van der Waals surface area (Å²) in [4.78, 5) is 0. The highest BCUT2D eigenvalue weighted by atomic mass is 19.2. The third-order valence-electron chi connectivity index (χ3n) is 1.80. The van der Waals surface area contributed by atoms with Crippen LogP contribution in [0, 0.1) is 17.5 Å². The zero-order valence-corrected chi connectivity index (χ0v) is 7.61. The largest absolute Gasteiger partial charge is 0.504 e. The molecule has 1 aromatic carbocycles. The van der Waals surface area contributed by atoms with E-state index in [4.69, 9.17) is 5.11 Å². The number of hydrogen-bond donors (Lipinski definition) is 2. The summed E-state index contributed by atoms with van der Waals surface area (Å²) in [6.07, 6.45) is 0. The number of hydrogen-bond acceptors (Lipinski definition) is 2. The molecule has 0 atom stereocenters. The number of phenolic OH excluding ortho intramolecular Hbond substituents is 1. The molecule has 2 N–H and O–H groups in total. The highest BCUT2D eigenvalue weighted by Crippen LogP contribution is 2.33. The molecular weight excluding hydrogens is 197 g/mol. The van der Waals surface area contributed by atoms with E-state index in [1.807, 2.05) is 0 Å². The van der Waals surface area contributed by atoms with Crippen molar-refractivity contribution in [2.75, 3.05) is 0 Å². The average molecular weight is 206 g/mol. The zero-order chi connectivity index (χ0) is 11.1. The summed E-state index contributed by atoms with van der Waals surface area (Å²) in [5.74, 6) is -5.97. The van der Waals surface area contributed by atoms with Crippen molar-refractivity contribution in [3.05, 3.63) is 29.1 Å². The van der Waals surface area contributed by atoms with Gasteiger partial charge in [0.25, 0.3) is 0 Å². The lowest BCUT2D eigenvalue weighted by Crippen LogP contribution is -2.17. The summed E-state index contributed by atoms with van der Waals surface area (Å²) in [5.41, 5.74) is -2.03. The van der Waals surface area contributed by atoms with Crippen molar-refractivity contribution in [1.29, 1.82) is 0 Å². The number of halogens is 3. The first-order valence-electron chi connectivity index (χ1n) is 3.84. The maximum Gasteiger partial charge on any atom is 0.203 e. The summed E-state index contributed by atoms with van der Waals surface area (Å²) >= 11 is 0. The fourth-order valence-electron chi connectivity index (χ4n) is 1.05. The Morgan fingerprint density at radius 1 is 1.14 bits per heavy atom. The molecule has 1 rings (SSSR count). The molecule has 0 heterocycles. The lowest BCUT2D eigenvalue weighted by Gasteiger charge is -2.19. The Bertz CT molecular complexity index is 369. The third kappa shape index (κ3) is 1.68. The van der Waals surface area contributed by atoms with Gasteiger partial charge in [0.1, 0.15) is 0 Å². The van der Waals surface area contributed by atoms with Crippen LogP contribution in [0.3, 0.4) is 0 Å². The van der Waals surface area contributed by atoms with Crippen molar-refractivity contribution in [1.82, 2.24) is 0 Å². The Kier molecular flexibility index (Phi) is 2.45. The Labute approximate surface area is 78.6 Å².